The highest BCUT2D eigenvalue weighted by molar-refractivity contribution is 6.31. The number of nitrogen functional groups attached to an aromatic ring is 1. The molecule has 0 aliphatic rings. The summed E-state index contributed by atoms with van der Waals surface area (Å²) in [7, 11) is 1.57. The van der Waals surface area contributed by atoms with Gasteiger partial charge in [-0.05, 0) is 24.6 Å². The molecular weight excluding hydrogens is 254 g/mol. The van der Waals surface area contributed by atoms with Gasteiger partial charge in [0.2, 0.25) is 11.8 Å². The van der Waals surface area contributed by atoms with Crippen molar-refractivity contribution < 1.29 is 9.47 Å². The molecule has 0 fully saturated rings. The third-order valence-electron chi connectivity index (χ3n) is 2.26. The van der Waals surface area contributed by atoms with Crippen LogP contribution in [0.3, 0.4) is 0 Å². The second-order valence-corrected chi connectivity index (χ2v) is 4.04. The molecule has 0 bridgehead atoms. The summed E-state index contributed by atoms with van der Waals surface area (Å²) >= 11 is 5.93. The Labute approximate surface area is 110 Å². The van der Waals surface area contributed by atoms with Gasteiger partial charge in [0.25, 0.3) is 0 Å². The van der Waals surface area contributed by atoms with Crippen LogP contribution in [0, 0.1) is 6.92 Å². The van der Waals surface area contributed by atoms with E-state index < -0.39 is 0 Å². The van der Waals surface area contributed by atoms with Crippen LogP contribution in [0.2, 0.25) is 5.02 Å². The molecule has 0 amide bonds. The standard InChI is InChI=1S/C12H12ClN3O2/c1-7-3-4-9(10(5-7)17-2)18-11-8(13)6-15-12(14)16-11/h3-6H,1-2H3,(H2,14,15,16). The lowest BCUT2D eigenvalue weighted by molar-refractivity contribution is 0.374. The molecule has 0 saturated carbocycles. The average molecular weight is 266 g/mol. The van der Waals surface area contributed by atoms with Crippen LogP contribution >= 0.6 is 11.6 Å². The number of benzene rings is 1. The highest BCUT2D eigenvalue weighted by Gasteiger charge is 2.10. The van der Waals surface area contributed by atoms with E-state index in [2.05, 4.69) is 9.97 Å². The van der Waals surface area contributed by atoms with Gasteiger partial charge in [0, 0.05) is 0 Å². The van der Waals surface area contributed by atoms with Gasteiger partial charge in [-0.3, -0.25) is 0 Å². The maximum Gasteiger partial charge on any atom is 0.243 e. The van der Waals surface area contributed by atoms with Gasteiger partial charge in [-0.1, -0.05) is 17.7 Å². The number of nitrogens with two attached hydrogens (primary N) is 1. The Morgan fingerprint density at radius 3 is 2.78 bits per heavy atom. The molecule has 18 heavy (non-hydrogen) atoms. The van der Waals surface area contributed by atoms with Crippen LogP contribution in [-0.4, -0.2) is 17.1 Å². The number of aromatic nitrogens is 2. The van der Waals surface area contributed by atoms with Crippen molar-refractivity contribution in [2.24, 2.45) is 0 Å². The van der Waals surface area contributed by atoms with Crippen molar-refractivity contribution in [2.45, 2.75) is 6.92 Å². The summed E-state index contributed by atoms with van der Waals surface area (Å²) in [6.07, 6.45) is 1.39. The molecule has 0 unspecified atom stereocenters. The first-order chi connectivity index (χ1) is 8.60. The van der Waals surface area contributed by atoms with Gasteiger partial charge < -0.3 is 15.2 Å². The molecule has 0 radical (unpaired) electrons. The van der Waals surface area contributed by atoms with Crippen LogP contribution < -0.4 is 15.2 Å². The molecule has 94 valence electrons. The van der Waals surface area contributed by atoms with Crippen molar-refractivity contribution >= 4 is 17.5 Å². The summed E-state index contributed by atoms with van der Waals surface area (Å²) < 4.78 is 10.8. The fraction of sp³-hybridized carbons (Fsp3) is 0.167. The lowest BCUT2D eigenvalue weighted by Crippen LogP contribution is -1.98. The van der Waals surface area contributed by atoms with E-state index in [1.807, 2.05) is 19.1 Å². The van der Waals surface area contributed by atoms with E-state index in [1.54, 1.807) is 13.2 Å². The SMILES string of the molecule is COc1cc(C)ccc1Oc1nc(N)ncc1Cl. The van der Waals surface area contributed by atoms with Crippen molar-refractivity contribution in [1.82, 2.24) is 9.97 Å². The zero-order valence-electron chi connectivity index (χ0n) is 9.98. The molecule has 6 heteroatoms. The molecule has 0 spiro atoms. The van der Waals surface area contributed by atoms with E-state index in [0.717, 1.165) is 5.56 Å². The van der Waals surface area contributed by atoms with E-state index >= 15 is 0 Å². The van der Waals surface area contributed by atoms with Crippen LogP contribution in [0.4, 0.5) is 5.95 Å². The summed E-state index contributed by atoms with van der Waals surface area (Å²) in [6, 6.07) is 5.53. The van der Waals surface area contributed by atoms with Gasteiger partial charge in [-0.15, -0.1) is 0 Å². The number of ether oxygens (including phenoxy) is 2. The molecule has 1 aromatic heterocycles. The third kappa shape index (κ3) is 2.62. The molecule has 2 N–H and O–H groups in total. The van der Waals surface area contributed by atoms with Crippen LogP contribution in [0.25, 0.3) is 0 Å². The fourth-order valence-electron chi connectivity index (χ4n) is 1.40. The van der Waals surface area contributed by atoms with Crippen molar-refractivity contribution in [2.75, 3.05) is 12.8 Å². The second-order valence-electron chi connectivity index (χ2n) is 3.64. The van der Waals surface area contributed by atoms with Gasteiger partial charge in [-0.2, -0.15) is 4.98 Å². The first kappa shape index (κ1) is 12.4. The van der Waals surface area contributed by atoms with Crippen LogP contribution in [-0.2, 0) is 0 Å². The largest absolute Gasteiger partial charge is 0.493 e. The average Bonchev–Trinajstić information content (AvgIpc) is 2.36. The van der Waals surface area contributed by atoms with E-state index in [9.17, 15) is 0 Å². The molecule has 2 rings (SSSR count). The summed E-state index contributed by atoms with van der Waals surface area (Å²) in [5.41, 5.74) is 6.55. The predicted molar refractivity (Wildman–Crippen MR) is 69.3 cm³/mol. The lowest BCUT2D eigenvalue weighted by atomic mass is 10.2. The summed E-state index contributed by atoms with van der Waals surface area (Å²) in [5.74, 6) is 1.41. The van der Waals surface area contributed by atoms with Crippen molar-refractivity contribution in [3.05, 3.63) is 35.0 Å². The molecule has 0 atom stereocenters. The number of rotatable bonds is 3. The number of anilines is 1. The van der Waals surface area contributed by atoms with Gasteiger partial charge in [-0.25, -0.2) is 4.98 Å². The van der Waals surface area contributed by atoms with Gasteiger partial charge in [0.1, 0.15) is 5.02 Å². The zero-order chi connectivity index (χ0) is 13.1. The topological polar surface area (TPSA) is 70.3 Å². The lowest BCUT2D eigenvalue weighted by Gasteiger charge is -2.11. The monoisotopic (exact) mass is 265 g/mol. The Bertz CT molecular complexity index is 575. The minimum atomic E-state index is 0.0977. The van der Waals surface area contributed by atoms with Gasteiger partial charge in [0.15, 0.2) is 11.5 Å². The fourth-order valence-corrected chi connectivity index (χ4v) is 1.53. The van der Waals surface area contributed by atoms with Crippen molar-refractivity contribution in [3.8, 4) is 17.4 Å². The number of nitrogens with zero attached hydrogens (tertiary/aromatic N) is 2. The number of methoxy groups -OCH3 is 1. The number of hydrogen-bond acceptors (Lipinski definition) is 5. The van der Waals surface area contributed by atoms with E-state index in [4.69, 9.17) is 26.8 Å². The summed E-state index contributed by atoms with van der Waals surface area (Å²) in [6.45, 7) is 1.96. The third-order valence-corrected chi connectivity index (χ3v) is 2.52. The molecule has 0 aliphatic heterocycles. The second kappa shape index (κ2) is 5.10. The van der Waals surface area contributed by atoms with E-state index in [-0.39, 0.29) is 16.9 Å². The minimum Gasteiger partial charge on any atom is -0.493 e. The Balaban J connectivity index is 2.36. The van der Waals surface area contributed by atoms with Gasteiger partial charge >= 0.3 is 0 Å². The maximum atomic E-state index is 5.93. The summed E-state index contributed by atoms with van der Waals surface area (Å²) in [5, 5.41) is 0.284. The first-order valence-corrected chi connectivity index (χ1v) is 5.58. The molecule has 2 aromatic rings. The maximum absolute atomic E-state index is 5.93. The first-order valence-electron chi connectivity index (χ1n) is 5.20. The van der Waals surface area contributed by atoms with E-state index in [0.29, 0.717) is 11.5 Å². The molecule has 5 nitrogen and oxygen atoms in total. The molecule has 1 aromatic carbocycles. The van der Waals surface area contributed by atoms with Crippen LogP contribution in [0.1, 0.15) is 5.56 Å². The predicted octanol–water partition coefficient (Wildman–Crippen LogP) is 2.82. The Morgan fingerprint density at radius 1 is 1.28 bits per heavy atom. The van der Waals surface area contributed by atoms with Crippen molar-refractivity contribution in [1.29, 1.82) is 0 Å². The molecule has 0 saturated heterocycles. The molecule has 1 heterocycles. The normalized spacial score (nSPS) is 10.2. The van der Waals surface area contributed by atoms with Crippen LogP contribution in [0.15, 0.2) is 24.4 Å². The number of hydrogen-bond donors (Lipinski definition) is 1. The number of halogens is 1. The molecular formula is C12H12ClN3O2. The highest BCUT2D eigenvalue weighted by atomic mass is 35.5. The van der Waals surface area contributed by atoms with Crippen LogP contribution in [0.5, 0.6) is 17.4 Å². The molecule has 0 aliphatic carbocycles. The Kier molecular flexibility index (Phi) is 3.53. The van der Waals surface area contributed by atoms with Gasteiger partial charge in [0.05, 0.1) is 13.3 Å². The zero-order valence-corrected chi connectivity index (χ0v) is 10.7. The quantitative estimate of drug-likeness (QED) is 0.924. The minimum absolute atomic E-state index is 0.0977. The van der Waals surface area contributed by atoms with E-state index in [1.165, 1.54) is 6.20 Å². The van der Waals surface area contributed by atoms with Crippen molar-refractivity contribution in [3.63, 3.8) is 0 Å². The number of aryl methyl sites for hydroxylation is 1. The Morgan fingerprint density at radius 2 is 2.06 bits per heavy atom. The smallest absolute Gasteiger partial charge is 0.243 e. The Hall–Kier alpha value is -2.01. The summed E-state index contributed by atoms with van der Waals surface area (Å²) in [4.78, 5) is 7.68. The highest BCUT2D eigenvalue weighted by Crippen LogP contribution is 2.34.